The van der Waals surface area contributed by atoms with Gasteiger partial charge in [-0.3, -0.25) is 9.59 Å². The van der Waals surface area contributed by atoms with Crippen LogP contribution >= 0.6 is 11.6 Å². The quantitative estimate of drug-likeness (QED) is 0.286. The molecule has 0 aliphatic carbocycles. The summed E-state index contributed by atoms with van der Waals surface area (Å²) < 4.78 is 6.04. The molecule has 0 saturated carbocycles. The summed E-state index contributed by atoms with van der Waals surface area (Å²) in [6, 6.07) is 15.0. The maximum absolute atomic E-state index is 13.4. The Kier molecular flexibility index (Phi) is 10.6. The second kappa shape index (κ2) is 13.5. The fourth-order valence-corrected chi connectivity index (χ4v) is 5.60. The average Bonchev–Trinajstić information content (AvgIpc) is 3.16. The van der Waals surface area contributed by atoms with Crippen LogP contribution in [0.25, 0.3) is 0 Å². The zero-order chi connectivity index (χ0) is 30.4. The normalized spacial score (nSPS) is 18.6. The number of alkyl carbamates (subject to hydrolysis) is 1. The summed E-state index contributed by atoms with van der Waals surface area (Å²) in [5.41, 5.74) is 0.642. The molecule has 1 saturated heterocycles. The predicted octanol–water partition coefficient (Wildman–Crippen LogP) is 5.49. The second-order valence-electron chi connectivity index (χ2n) is 12.5. The molecule has 1 fully saturated rings. The third kappa shape index (κ3) is 8.80. The Labute approximate surface area is 247 Å². The Morgan fingerprint density at radius 1 is 1.12 bits per heavy atom. The van der Waals surface area contributed by atoms with Crippen LogP contribution in [0.15, 0.2) is 54.6 Å². The van der Waals surface area contributed by atoms with Gasteiger partial charge in [-0.1, -0.05) is 81.8 Å². The molecule has 222 valence electrons. The molecule has 1 aliphatic heterocycles. The topological polar surface area (TPSA) is 114 Å². The number of amides is 3. The highest BCUT2D eigenvalue weighted by atomic mass is 35.5. The molecule has 1 aliphatic rings. The maximum atomic E-state index is 13.4. The smallest absolute Gasteiger partial charge is 0.408 e. The lowest BCUT2D eigenvalue weighted by atomic mass is 9.76. The SMILES string of the molecule is CC(C)C[C@H](NC(=O)OC(c1ccccc1)C(C)(C)c1cccc(Cl)c1)C(=O)NC(C=O)CC1CC(C)(C)NC1=O. The van der Waals surface area contributed by atoms with Gasteiger partial charge in [-0.05, 0) is 62.3 Å². The molecule has 2 aromatic rings. The number of ether oxygens (including phenoxy) is 1. The van der Waals surface area contributed by atoms with Gasteiger partial charge in [-0.2, -0.15) is 0 Å². The Balaban J connectivity index is 1.77. The molecule has 3 N–H and O–H groups in total. The molecule has 0 spiro atoms. The van der Waals surface area contributed by atoms with Crippen LogP contribution in [0, 0.1) is 11.8 Å². The standard InChI is InChI=1S/C32H42ClN3O5/c1-20(2)15-26(29(39)34-25(19-37)16-22-18-31(3,4)36-28(22)38)35-30(40)41-27(21-11-8-7-9-12-21)32(5,6)23-13-10-14-24(33)17-23/h7-14,17,19-20,22,25-27H,15-16,18H2,1-6H3,(H,34,39)(H,35,40)(H,36,38)/t22?,25?,26-,27?/m0/s1. The van der Waals surface area contributed by atoms with Crippen molar-refractivity contribution in [1.82, 2.24) is 16.0 Å². The van der Waals surface area contributed by atoms with E-state index in [4.69, 9.17) is 16.3 Å². The largest absolute Gasteiger partial charge is 0.440 e. The van der Waals surface area contributed by atoms with Gasteiger partial charge >= 0.3 is 6.09 Å². The van der Waals surface area contributed by atoms with Crippen molar-refractivity contribution in [3.8, 4) is 0 Å². The molecular weight excluding hydrogens is 542 g/mol. The van der Waals surface area contributed by atoms with Crippen LogP contribution in [-0.4, -0.2) is 41.8 Å². The Bertz CT molecular complexity index is 1230. The lowest BCUT2D eigenvalue weighted by Crippen LogP contribution is -2.51. The molecule has 0 aromatic heterocycles. The number of nitrogens with one attached hydrogen (secondary N) is 3. The summed E-state index contributed by atoms with van der Waals surface area (Å²) in [6.07, 6.45) is 0.270. The molecule has 9 heteroatoms. The maximum Gasteiger partial charge on any atom is 0.408 e. The van der Waals surface area contributed by atoms with Crippen LogP contribution in [-0.2, 0) is 24.5 Å². The Morgan fingerprint density at radius 2 is 1.80 bits per heavy atom. The van der Waals surface area contributed by atoms with Crippen LogP contribution < -0.4 is 16.0 Å². The van der Waals surface area contributed by atoms with Crippen molar-refractivity contribution in [2.45, 2.75) is 89.9 Å². The summed E-state index contributed by atoms with van der Waals surface area (Å²) >= 11 is 6.28. The Hall–Kier alpha value is -3.39. The summed E-state index contributed by atoms with van der Waals surface area (Å²) in [6.45, 7) is 11.6. The first-order valence-corrected chi connectivity index (χ1v) is 14.5. The monoisotopic (exact) mass is 583 g/mol. The predicted molar refractivity (Wildman–Crippen MR) is 159 cm³/mol. The van der Waals surface area contributed by atoms with Crippen molar-refractivity contribution in [2.24, 2.45) is 11.8 Å². The van der Waals surface area contributed by atoms with Crippen LogP contribution in [0.1, 0.15) is 78.0 Å². The van der Waals surface area contributed by atoms with E-state index in [1.54, 1.807) is 6.07 Å². The first-order valence-electron chi connectivity index (χ1n) is 14.1. The molecule has 3 unspecified atom stereocenters. The lowest BCUT2D eigenvalue weighted by Gasteiger charge is -2.35. The van der Waals surface area contributed by atoms with Gasteiger partial charge < -0.3 is 25.5 Å². The van der Waals surface area contributed by atoms with E-state index in [-0.39, 0.29) is 29.7 Å². The van der Waals surface area contributed by atoms with Crippen LogP contribution in [0.4, 0.5) is 4.79 Å². The van der Waals surface area contributed by atoms with Crippen molar-refractivity contribution in [2.75, 3.05) is 0 Å². The fourth-order valence-electron chi connectivity index (χ4n) is 5.41. The number of rotatable bonds is 12. The molecule has 0 bridgehead atoms. The van der Waals surface area contributed by atoms with Gasteiger partial charge in [0, 0.05) is 21.9 Å². The van der Waals surface area contributed by atoms with Gasteiger partial charge in [0.1, 0.15) is 18.4 Å². The van der Waals surface area contributed by atoms with Crippen molar-refractivity contribution in [3.63, 3.8) is 0 Å². The van der Waals surface area contributed by atoms with E-state index in [2.05, 4.69) is 16.0 Å². The minimum Gasteiger partial charge on any atom is -0.440 e. The van der Waals surface area contributed by atoms with E-state index in [1.807, 2.05) is 90.1 Å². The second-order valence-corrected chi connectivity index (χ2v) is 13.0. The van der Waals surface area contributed by atoms with Gasteiger partial charge in [-0.15, -0.1) is 0 Å². The number of halogens is 1. The zero-order valence-corrected chi connectivity index (χ0v) is 25.5. The van der Waals surface area contributed by atoms with Crippen LogP contribution in [0.3, 0.4) is 0 Å². The van der Waals surface area contributed by atoms with E-state index in [0.29, 0.717) is 24.2 Å². The van der Waals surface area contributed by atoms with Gasteiger partial charge in [0.05, 0.1) is 6.04 Å². The Morgan fingerprint density at radius 3 is 2.37 bits per heavy atom. The van der Waals surface area contributed by atoms with Gasteiger partial charge in [0.25, 0.3) is 0 Å². The third-order valence-electron chi connectivity index (χ3n) is 7.49. The molecule has 0 radical (unpaired) electrons. The summed E-state index contributed by atoms with van der Waals surface area (Å²) in [5.74, 6) is -0.959. The molecule has 8 nitrogen and oxygen atoms in total. The summed E-state index contributed by atoms with van der Waals surface area (Å²) in [4.78, 5) is 50.9. The van der Waals surface area contributed by atoms with Crippen LogP contribution in [0.5, 0.6) is 0 Å². The average molecular weight is 584 g/mol. The molecule has 2 aromatic carbocycles. The molecule has 3 rings (SSSR count). The highest BCUT2D eigenvalue weighted by Crippen LogP contribution is 2.40. The number of carbonyl (C=O) groups is 4. The van der Waals surface area contributed by atoms with Crippen molar-refractivity contribution in [3.05, 3.63) is 70.7 Å². The molecule has 41 heavy (non-hydrogen) atoms. The lowest BCUT2D eigenvalue weighted by molar-refractivity contribution is -0.127. The number of hydrogen-bond acceptors (Lipinski definition) is 5. The van der Waals surface area contributed by atoms with Crippen LogP contribution in [0.2, 0.25) is 5.02 Å². The van der Waals surface area contributed by atoms with E-state index in [0.717, 1.165) is 11.1 Å². The van der Waals surface area contributed by atoms with Gasteiger partial charge in [0.2, 0.25) is 11.8 Å². The minimum atomic E-state index is -0.940. The fraction of sp³-hybridized carbons (Fsp3) is 0.500. The van der Waals surface area contributed by atoms with E-state index in [9.17, 15) is 19.2 Å². The van der Waals surface area contributed by atoms with Crippen molar-refractivity contribution < 1.29 is 23.9 Å². The highest BCUT2D eigenvalue weighted by molar-refractivity contribution is 6.30. The van der Waals surface area contributed by atoms with E-state index < -0.39 is 35.6 Å². The number of carbonyl (C=O) groups excluding carboxylic acids is 4. The number of benzene rings is 2. The summed E-state index contributed by atoms with van der Waals surface area (Å²) in [5, 5.41) is 8.95. The first kappa shape index (κ1) is 32.1. The first-order chi connectivity index (χ1) is 19.2. The third-order valence-corrected chi connectivity index (χ3v) is 7.72. The highest BCUT2D eigenvalue weighted by Gasteiger charge is 2.39. The number of aldehydes is 1. The molecule has 3 amide bonds. The minimum absolute atomic E-state index is 0.0648. The van der Waals surface area contributed by atoms with Crippen molar-refractivity contribution >= 4 is 35.8 Å². The van der Waals surface area contributed by atoms with E-state index in [1.165, 1.54) is 0 Å². The van der Waals surface area contributed by atoms with Gasteiger partial charge in [-0.25, -0.2) is 4.79 Å². The van der Waals surface area contributed by atoms with E-state index >= 15 is 0 Å². The molecule has 4 atom stereocenters. The summed E-state index contributed by atoms with van der Waals surface area (Å²) in [7, 11) is 0. The number of hydrogen-bond donors (Lipinski definition) is 3. The molecule has 1 heterocycles. The van der Waals surface area contributed by atoms with Crippen molar-refractivity contribution in [1.29, 1.82) is 0 Å². The molecular formula is C32H42ClN3O5. The van der Waals surface area contributed by atoms with Gasteiger partial charge in [0.15, 0.2) is 0 Å². The zero-order valence-electron chi connectivity index (χ0n) is 24.7.